The van der Waals surface area contributed by atoms with Crippen LogP contribution in [0.1, 0.15) is 27.2 Å². The van der Waals surface area contributed by atoms with Crippen molar-refractivity contribution in [2.45, 2.75) is 13.3 Å². The van der Waals surface area contributed by atoms with Gasteiger partial charge < -0.3 is 9.88 Å². The number of nitrogens with one attached hydrogen (secondary N) is 1. The lowest BCUT2D eigenvalue weighted by Crippen LogP contribution is -2.27. The quantitative estimate of drug-likeness (QED) is 0.700. The lowest BCUT2D eigenvalue weighted by molar-refractivity contribution is 0.0824. The zero-order chi connectivity index (χ0) is 17.6. The van der Waals surface area contributed by atoms with Gasteiger partial charge in [0, 0.05) is 41.0 Å². The Bertz CT molecular complexity index is 1000. The molecule has 0 saturated carbocycles. The summed E-state index contributed by atoms with van der Waals surface area (Å²) in [6.45, 7) is 2.50. The van der Waals surface area contributed by atoms with Crippen molar-refractivity contribution in [2.24, 2.45) is 0 Å². The number of halogens is 2. The number of H-pyrrole nitrogens is 1. The van der Waals surface area contributed by atoms with Gasteiger partial charge in [0.25, 0.3) is 5.91 Å². The van der Waals surface area contributed by atoms with Crippen LogP contribution in [0, 0.1) is 18.6 Å². The summed E-state index contributed by atoms with van der Waals surface area (Å²) in [5, 5.41) is 1.14. The Balaban J connectivity index is 1.68. The van der Waals surface area contributed by atoms with Crippen molar-refractivity contribution in [3.63, 3.8) is 0 Å². The monoisotopic (exact) mass is 338 g/mol. The van der Waals surface area contributed by atoms with E-state index in [0.717, 1.165) is 40.4 Å². The number of hydrogen-bond donors (Lipinski definition) is 1. The van der Waals surface area contributed by atoms with E-state index in [1.807, 2.05) is 12.1 Å². The molecule has 1 aliphatic heterocycles. The maximum absolute atomic E-state index is 13.4. The van der Waals surface area contributed by atoms with Crippen LogP contribution in [-0.2, 0) is 6.42 Å². The van der Waals surface area contributed by atoms with E-state index in [1.165, 1.54) is 10.5 Å². The predicted octanol–water partition coefficient (Wildman–Crippen LogP) is 4.42. The SMILES string of the molecule is Cc1cccc2c3c([nH]c12)C=CN(C(=O)c1cc(F)cc(F)c1)CC3. The molecule has 0 atom stereocenters. The van der Waals surface area contributed by atoms with Crippen LogP contribution in [0.3, 0.4) is 0 Å². The zero-order valence-corrected chi connectivity index (χ0v) is 13.6. The standard InChI is InChI=1S/C20H16F2N2O/c1-12-3-2-4-17-16-5-7-24(8-6-18(16)23-19(12)17)20(25)13-9-14(21)11-15(22)10-13/h2-4,6,8-11,23H,5,7H2,1H3. The first-order valence-corrected chi connectivity index (χ1v) is 8.08. The summed E-state index contributed by atoms with van der Waals surface area (Å²) in [7, 11) is 0. The number of aromatic amines is 1. The van der Waals surface area contributed by atoms with E-state index in [1.54, 1.807) is 6.20 Å². The molecule has 0 bridgehead atoms. The number of aryl methyl sites for hydroxylation is 1. The number of aromatic nitrogens is 1. The number of nitrogens with zero attached hydrogens (tertiary/aromatic N) is 1. The van der Waals surface area contributed by atoms with Crippen LogP contribution in [0.4, 0.5) is 8.78 Å². The highest BCUT2D eigenvalue weighted by molar-refractivity contribution is 5.96. The Labute approximate surface area is 143 Å². The van der Waals surface area contributed by atoms with E-state index < -0.39 is 17.5 Å². The highest BCUT2D eigenvalue weighted by Crippen LogP contribution is 2.28. The first-order valence-electron chi connectivity index (χ1n) is 8.08. The topological polar surface area (TPSA) is 36.1 Å². The molecule has 1 N–H and O–H groups in total. The summed E-state index contributed by atoms with van der Waals surface area (Å²) in [6.07, 6.45) is 4.17. The summed E-state index contributed by atoms with van der Waals surface area (Å²) in [5.41, 5.74) is 4.39. The maximum Gasteiger partial charge on any atom is 0.258 e. The molecule has 2 heterocycles. The molecule has 1 aliphatic rings. The van der Waals surface area contributed by atoms with Crippen molar-refractivity contribution >= 4 is 22.9 Å². The molecule has 0 unspecified atom stereocenters. The largest absolute Gasteiger partial charge is 0.355 e. The summed E-state index contributed by atoms with van der Waals surface area (Å²) in [5.74, 6) is -1.93. The average molecular weight is 338 g/mol. The second-order valence-corrected chi connectivity index (χ2v) is 6.24. The molecule has 0 saturated heterocycles. The molecule has 0 radical (unpaired) electrons. The van der Waals surface area contributed by atoms with Crippen LogP contribution in [-0.4, -0.2) is 22.3 Å². The molecule has 2 aromatic carbocycles. The van der Waals surface area contributed by atoms with Crippen molar-refractivity contribution < 1.29 is 13.6 Å². The minimum atomic E-state index is -0.756. The van der Waals surface area contributed by atoms with E-state index in [4.69, 9.17) is 0 Å². The molecule has 5 heteroatoms. The summed E-state index contributed by atoms with van der Waals surface area (Å²) in [4.78, 5) is 17.5. The van der Waals surface area contributed by atoms with E-state index in [-0.39, 0.29) is 5.56 Å². The summed E-state index contributed by atoms with van der Waals surface area (Å²) in [6, 6.07) is 9.00. The van der Waals surface area contributed by atoms with Gasteiger partial charge in [-0.05, 0) is 42.7 Å². The van der Waals surface area contributed by atoms with Gasteiger partial charge in [-0.2, -0.15) is 0 Å². The normalized spacial score (nSPS) is 13.8. The molecule has 3 aromatic rings. The smallest absolute Gasteiger partial charge is 0.258 e. The van der Waals surface area contributed by atoms with Crippen molar-refractivity contribution in [1.82, 2.24) is 9.88 Å². The second-order valence-electron chi connectivity index (χ2n) is 6.24. The minimum absolute atomic E-state index is 0.00779. The van der Waals surface area contributed by atoms with Gasteiger partial charge >= 0.3 is 0 Å². The van der Waals surface area contributed by atoms with Crippen LogP contribution in [0.5, 0.6) is 0 Å². The molecule has 25 heavy (non-hydrogen) atoms. The number of carbonyl (C=O) groups is 1. The number of benzene rings is 2. The van der Waals surface area contributed by atoms with Gasteiger partial charge in [0.05, 0.1) is 0 Å². The molecule has 0 fully saturated rings. The van der Waals surface area contributed by atoms with Crippen LogP contribution in [0.25, 0.3) is 17.0 Å². The second kappa shape index (κ2) is 5.84. The van der Waals surface area contributed by atoms with Crippen LogP contribution < -0.4 is 0 Å². The molecule has 0 spiro atoms. The molecule has 4 rings (SSSR count). The van der Waals surface area contributed by atoms with Crippen molar-refractivity contribution in [1.29, 1.82) is 0 Å². The third kappa shape index (κ3) is 2.71. The molecule has 1 aromatic heterocycles. The van der Waals surface area contributed by atoms with Crippen molar-refractivity contribution in [3.05, 3.63) is 76.6 Å². The lowest BCUT2D eigenvalue weighted by Gasteiger charge is -2.17. The number of fused-ring (bicyclic) bond motifs is 3. The summed E-state index contributed by atoms with van der Waals surface area (Å²) < 4.78 is 26.8. The highest BCUT2D eigenvalue weighted by Gasteiger charge is 2.20. The van der Waals surface area contributed by atoms with Crippen LogP contribution in [0.15, 0.2) is 42.6 Å². The van der Waals surface area contributed by atoms with Crippen molar-refractivity contribution in [2.75, 3.05) is 6.54 Å². The van der Waals surface area contributed by atoms with E-state index in [2.05, 4.69) is 24.0 Å². The molecular weight excluding hydrogens is 322 g/mol. The molecule has 0 aliphatic carbocycles. The number of para-hydroxylation sites is 1. The molecule has 1 amide bonds. The fourth-order valence-electron chi connectivity index (χ4n) is 3.34. The Kier molecular flexibility index (Phi) is 3.64. The van der Waals surface area contributed by atoms with Gasteiger partial charge in [0.1, 0.15) is 11.6 Å². The Morgan fingerprint density at radius 1 is 1.16 bits per heavy atom. The van der Waals surface area contributed by atoms with Crippen molar-refractivity contribution in [3.8, 4) is 0 Å². The molecule has 126 valence electrons. The molecular formula is C20H16F2N2O. The third-order valence-electron chi connectivity index (χ3n) is 4.58. The molecule has 3 nitrogen and oxygen atoms in total. The van der Waals surface area contributed by atoms with Crippen LogP contribution in [0.2, 0.25) is 0 Å². The fourth-order valence-corrected chi connectivity index (χ4v) is 3.34. The van der Waals surface area contributed by atoms with Gasteiger partial charge in [-0.15, -0.1) is 0 Å². The maximum atomic E-state index is 13.4. The van der Waals surface area contributed by atoms with Crippen LogP contribution >= 0.6 is 0 Å². The van der Waals surface area contributed by atoms with Gasteiger partial charge in [-0.1, -0.05) is 18.2 Å². The Morgan fingerprint density at radius 2 is 1.92 bits per heavy atom. The fraction of sp³-hybridized carbons (Fsp3) is 0.150. The van der Waals surface area contributed by atoms with Gasteiger partial charge in [0.2, 0.25) is 0 Å². The van der Waals surface area contributed by atoms with Gasteiger partial charge in [0.15, 0.2) is 0 Å². The average Bonchev–Trinajstić information content (AvgIpc) is 2.80. The summed E-state index contributed by atoms with van der Waals surface area (Å²) >= 11 is 0. The van der Waals surface area contributed by atoms with Gasteiger partial charge in [-0.25, -0.2) is 8.78 Å². The first-order chi connectivity index (χ1) is 12.0. The van der Waals surface area contributed by atoms with Gasteiger partial charge in [-0.3, -0.25) is 4.79 Å². The number of amides is 1. The Hall–Kier alpha value is -2.95. The third-order valence-corrected chi connectivity index (χ3v) is 4.58. The Morgan fingerprint density at radius 3 is 2.68 bits per heavy atom. The first kappa shape index (κ1) is 15.6. The number of rotatable bonds is 1. The number of hydrogen-bond acceptors (Lipinski definition) is 1. The highest BCUT2D eigenvalue weighted by atomic mass is 19.1. The minimum Gasteiger partial charge on any atom is -0.355 e. The van der Waals surface area contributed by atoms with E-state index >= 15 is 0 Å². The van der Waals surface area contributed by atoms with E-state index in [9.17, 15) is 13.6 Å². The number of carbonyl (C=O) groups excluding carboxylic acids is 1. The zero-order valence-electron chi connectivity index (χ0n) is 13.6. The predicted molar refractivity (Wildman–Crippen MR) is 93.2 cm³/mol. The van der Waals surface area contributed by atoms with E-state index in [0.29, 0.717) is 13.0 Å². The lowest BCUT2D eigenvalue weighted by atomic mass is 10.1.